The zero-order valence-corrected chi connectivity index (χ0v) is 14.2. The molecule has 0 saturated carbocycles. The SMILES string of the molecule is CC(=O)[C@@H]1CCCN1C(=O)Cc1ccc(CC(=O)NCC(=O)O)cc1. The Morgan fingerprint density at radius 2 is 1.72 bits per heavy atom. The van der Waals surface area contributed by atoms with Crippen LogP contribution in [0.1, 0.15) is 30.9 Å². The van der Waals surface area contributed by atoms with Gasteiger partial charge in [0.25, 0.3) is 0 Å². The molecule has 1 aliphatic heterocycles. The molecule has 0 aromatic heterocycles. The van der Waals surface area contributed by atoms with Crippen LogP contribution in [-0.2, 0) is 32.0 Å². The van der Waals surface area contributed by atoms with E-state index in [9.17, 15) is 19.2 Å². The van der Waals surface area contributed by atoms with Gasteiger partial charge in [0.15, 0.2) is 5.78 Å². The van der Waals surface area contributed by atoms with Crippen molar-refractivity contribution in [3.8, 4) is 0 Å². The number of ketones is 1. The van der Waals surface area contributed by atoms with E-state index in [0.29, 0.717) is 6.54 Å². The fourth-order valence-electron chi connectivity index (χ4n) is 2.96. The third kappa shape index (κ3) is 5.41. The summed E-state index contributed by atoms with van der Waals surface area (Å²) in [5.41, 5.74) is 1.55. The van der Waals surface area contributed by atoms with Crippen molar-refractivity contribution in [1.29, 1.82) is 0 Å². The van der Waals surface area contributed by atoms with E-state index in [0.717, 1.165) is 24.0 Å². The lowest BCUT2D eigenvalue weighted by Gasteiger charge is -2.22. The first-order valence-electron chi connectivity index (χ1n) is 8.23. The predicted octanol–water partition coefficient (Wildman–Crippen LogP) is 0.552. The molecular formula is C18H22N2O5. The van der Waals surface area contributed by atoms with Crippen molar-refractivity contribution in [2.75, 3.05) is 13.1 Å². The van der Waals surface area contributed by atoms with E-state index in [1.165, 1.54) is 6.92 Å². The molecule has 2 rings (SSSR count). The summed E-state index contributed by atoms with van der Waals surface area (Å²) < 4.78 is 0. The van der Waals surface area contributed by atoms with Crippen LogP contribution in [-0.4, -0.2) is 52.7 Å². The zero-order valence-electron chi connectivity index (χ0n) is 14.2. The first kappa shape index (κ1) is 18.6. The molecule has 0 bridgehead atoms. The summed E-state index contributed by atoms with van der Waals surface area (Å²) in [5.74, 6) is -1.50. The van der Waals surface area contributed by atoms with Crippen LogP contribution < -0.4 is 5.32 Å². The molecule has 2 amide bonds. The summed E-state index contributed by atoms with van der Waals surface area (Å²) in [4.78, 5) is 47.6. The van der Waals surface area contributed by atoms with Crippen LogP contribution in [0.25, 0.3) is 0 Å². The van der Waals surface area contributed by atoms with Crippen molar-refractivity contribution < 1.29 is 24.3 Å². The number of carbonyl (C=O) groups is 4. The molecule has 0 aliphatic carbocycles. The maximum Gasteiger partial charge on any atom is 0.322 e. The van der Waals surface area contributed by atoms with Gasteiger partial charge < -0.3 is 15.3 Å². The van der Waals surface area contributed by atoms with Crippen LogP contribution in [0.3, 0.4) is 0 Å². The van der Waals surface area contributed by atoms with Gasteiger partial charge in [-0.25, -0.2) is 0 Å². The fraction of sp³-hybridized carbons (Fsp3) is 0.444. The van der Waals surface area contributed by atoms with Crippen molar-refractivity contribution in [3.63, 3.8) is 0 Å². The standard InChI is InChI=1S/C18H22N2O5/c1-12(21)15-3-2-8-20(15)17(23)10-14-6-4-13(5-7-14)9-16(22)19-11-18(24)25/h4-7,15H,2-3,8-11H2,1H3,(H,19,22)(H,24,25)/t15-/m0/s1. The summed E-state index contributed by atoms with van der Waals surface area (Å²) in [7, 11) is 0. The Labute approximate surface area is 146 Å². The minimum atomic E-state index is -1.09. The van der Waals surface area contributed by atoms with E-state index < -0.39 is 12.5 Å². The van der Waals surface area contributed by atoms with Gasteiger partial charge in [0, 0.05) is 6.54 Å². The molecule has 7 nitrogen and oxygen atoms in total. The molecule has 1 aliphatic rings. The summed E-state index contributed by atoms with van der Waals surface area (Å²) in [6, 6.07) is 6.74. The molecule has 7 heteroatoms. The van der Waals surface area contributed by atoms with Crippen LogP contribution in [0.4, 0.5) is 0 Å². The van der Waals surface area contributed by atoms with Gasteiger partial charge in [-0.2, -0.15) is 0 Å². The minimum Gasteiger partial charge on any atom is -0.480 e. The van der Waals surface area contributed by atoms with Crippen molar-refractivity contribution in [2.45, 2.75) is 38.6 Å². The lowest BCUT2D eigenvalue weighted by Crippen LogP contribution is -2.40. The maximum atomic E-state index is 12.4. The number of hydrogen-bond donors (Lipinski definition) is 2. The van der Waals surface area contributed by atoms with E-state index in [4.69, 9.17) is 5.11 Å². The van der Waals surface area contributed by atoms with Gasteiger partial charge in [0.1, 0.15) is 6.54 Å². The lowest BCUT2D eigenvalue weighted by molar-refractivity contribution is -0.137. The largest absolute Gasteiger partial charge is 0.480 e. The average molecular weight is 346 g/mol. The number of Topliss-reactive ketones (excluding diaryl/α,β-unsaturated/α-hetero) is 1. The monoisotopic (exact) mass is 346 g/mol. The lowest BCUT2D eigenvalue weighted by atomic mass is 10.1. The second kappa shape index (κ2) is 8.41. The second-order valence-corrected chi connectivity index (χ2v) is 6.20. The first-order chi connectivity index (χ1) is 11.9. The molecule has 1 atom stereocenters. The van der Waals surface area contributed by atoms with Gasteiger partial charge in [-0.05, 0) is 30.9 Å². The predicted molar refractivity (Wildman–Crippen MR) is 89.9 cm³/mol. The van der Waals surface area contributed by atoms with E-state index in [-0.39, 0.29) is 36.5 Å². The highest BCUT2D eigenvalue weighted by atomic mass is 16.4. The zero-order chi connectivity index (χ0) is 18.4. The molecule has 1 aromatic rings. The molecule has 134 valence electrons. The second-order valence-electron chi connectivity index (χ2n) is 6.20. The van der Waals surface area contributed by atoms with Crippen LogP contribution in [0.15, 0.2) is 24.3 Å². The number of nitrogens with zero attached hydrogens (tertiary/aromatic N) is 1. The normalized spacial score (nSPS) is 16.5. The number of rotatable bonds is 7. The minimum absolute atomic E-state index is 0.0218. The van der Waals surface area contributed by atoms with Gasteiger partial charge in [-0.15, -0.1) is 0 Å². The number of likely N-dealkylation sites (tertiary alicyclic amines) is 1. The highest BCUT2D eigenvalue weighted by molar-refractivity contribution is 5.89. The van der Waals surface area contributed by atoms with Crippen LogP contribution in [0.2, 0.25) is 0 Å². The topological polar surface area (TPSA) is 104 Å². The number of amides is 2. The van der Waals surface area contributed by atoms with Crippen LogP contribution in [0.5, 0.6) is 0 Å². The average Bonchev–Trinajstić information content (AvgIpc) is 3.05. The molecule has 25 heavy (non-hydrogen) atoms. The molecule has 1 aromatic carbocycles. The van der Waals surface area contributed by atoms with Crippen molar-refractivity contribution in [2.24, 2.45) is 0 Å². The highest BCUT2D eigenvalue weighted by Crippen LogP contribution is 2.19. The first-order valence-corrected chi connectivity index (χ1v) is 8.23. The highest BCUT2D eigenvalue weighted by Gasteiger charge is 2.31. The molecule has 2 N–H and O–H groups in total. The van der Waals surface area contributed by atoms with Gasteiger partial charge >= 0.3 is 5.97 Å². The number of benzene rings is 1. The summed E-state index contributed by atoms with van der Waals surface area (Å²) >= 11 is 0. The summed E-state index contributed by atoms with van der Waals surface area (Å²) in [6.07, 6.45) is 1.88. The van der Waals surface area contributed by atoms with Crippen molar-refractivity contribution in [3.05, 3.63) is 35.4 Å². The summed E-state index contributed by atoms with van der Waals surface area (Å²) in [5, 5.41) is 10.8. The van der Waals surface area contributed by atoms with Crippen LogP contribution in [0, 0.1) is 0 Å². The smallest absolute Gasteiger partial charge is 0.322 e. The van der Waals surface area contributed by atoms with Gasteiger partial charge in [-0.3, -0.25) is 19.2 Å². The number of carboxylic acid groups (broad SMARTS) is 1. The van der Waals surface area contributed by atoms with E-state index >= 15 is 0 Å². The Morgan fingerprint density at radius 3 is 2.28 bits per heavy atom. The van der Waals surface area contributed by atoms with Gasteiger partial charge in [0.05, 0.1) is 18.9 Å². The Kier molecular flexibility index (Phi) is 6.27. The van der Waals surface area contributed by atoms with Gasteiger partial charge in [0.2, 0.25) is 11.8 Å². The van der Waals surface area contributed by atoms with Crippen molar-refractivity contribution >= 4 is 23.6 Å². The van der Waals surface area contributed by atoms with E-state index in [1.807, 2.05) is 0 Å². The maximum absolute atomic E-state index is 12.4. The third-order valence-electron chi connectivity index (χ3n) is 4.22. The molecule has 0 unspecified atom stereocenters. The molecule has 0 spiro atoms. The molecule has 1 saturated heterocycles. The molecule has 0 radical (unpaired) electrons. The third-order valence-corrected chi connectivity index (χ3v) is 4.22. The summed E-state index contributed by atoms with van der Waals surface area (Å²) in [6.45, 7) is 1.73. The van der Waals surface area contributed by atoms with E-state index in [1.54, 1.807) is 29.2 Å². The number of nitrogens with one attached hydrogen (secondary N) is 1. The molecule has 1 heterocycles. The molecular weight excluding hydrogens is 324 g/mol. The fourth-order valence-corrected chi connectivity index (χ4v) is 2.96. The number of carboxylic acids is 1. The number of carbonyl (C=O) groups excluding carboxylic acids is 3. The van der Waals surface area contributed by atoms with Gasteiger partial charge in [-0.1, -0.05) is 24.3 Å². The Balaban J connectivity index is 1.89. The van der Waals surface area contributed by atoms with E-state index in [2.05, 4.69) is 5.32 Å². The van der Waals surface area contributed by atoms with Crippen LogP contribution >= 0.6 is 0 Å². The number of hydrogen-bond acceptors (Lipinski definition) is 4. The van der Waals surface area contributed by atoms with Crippen molar-refractivity contribution in [1.82, 2.24) is 10.2 Å². The number of aliphatic carboxylic acids is 1. The quantitative estimate of drug-likeness (QED) is 0.750. The Morgan fingerprint density at radius 1 is 1.12 bits per heavy atom. The molecule has 1 fully saturated rings. The Hall–Kier alpha value is -2.70. The Bertz CT molecular complexity index is 669.